The number of halogens is 2. The average Bonchev–Trinajstić information content (AvgIpc) is 3.26. The molecule has 0 fully saturated rings. The molecule has 1 heterocycles. The van der Waals surface area contributed by atoms with E-state index < -0.39 is 21.7 Å². The molecule has 0 bridgehead atoms. The van der Waals surface area contributed by atoms with Gasteiger partial charge in [0, 0.05) is 29.4 Å². The molecule has 1 unspecified atom stereocenters. The minimum Gasteiger partial charge on any atom is -0.497 e. The number of rotatable bonds is 5. The second-order valence-corrected chi connectivity index (χ2v) is 8.67. The van der Waals surface area contributed by atoms with Crippen molar-refractivity contribution >= 4 is 10.0 Å². The van der Waals surface area contributed by atoms with Crippen molar-refractivity contribution in [3.05, 3.63) is 71.4 Å². The van der Waals surface area contributed by atoms with Gasteiger partial charge in [0.25, 0.3) is 10.0 Å². The van der Waals surface area contributed by atoms with Crippen molar-refractivity contribution in [2.45, 2.75) is 23.8 Å². The first kappa shape index (κ1) is 19.6. The molecule has 1 atom stereocenters. The second-order valence-electron chi connectivity index (χ2n) is 6.88. The van der Waals surface area contributed by atoms with Crippen molar-refractivity contribution in [1.82, 2.24) is 9.29 Å². The lowest BCUT2D eigenvalue weighted by atomic mass is 10.1. The first-order valence-electron chi connectivity index (χ1n) is 9.13. The molecule has 1 aromatic heterocycles. The SMILES string of the molecule is CNC1CCc2c1cc(-c1ccc(F)cc1F)n2S(=O)(=O)c1cccc(OC)c1. The van der Waals surface area contributed by atoms with Gasteiger partial charge in [-0.3, -0.25) is 0 Å². The fourth-order valence-electron chi connectivity index (χ4n) is 3.86. The number of methoxy groups -OCH3 is 1. The Bertz CT molecular complexity index is 1190. The number of hydrogen-bond donors (Lipinski definition) is 1. The van der Waals surface area contributed by atoms with Gasteiger partial charge in [0.05, 0.1) is 17.7 Å². The third-order valence-corrected chi connectivity index (χ3v) is 7.02. The summed E-state index contributed by atoms with van der Waals surface area (Å²) in [5.41, 5.74) is 1.61. The van der Waals surface area contributed by atoms with E-state index in [1.807, 2.05) is 0 Å². The highest BCUT2D eigenvalue weighted by Gasteiger charge is 2.34. The molecule has 0 spiro atoms. The first-order chi connectivity index (χ1) is 13.9. The van der Waals surface area contributed by atoms with Gasteiger partial charge < -0.3 is 10.1 Å². The third-order valence-electron chi connectivity index (χ3n) is 5.27. The van der Waals surface area contributed by atoms with Crippen LogP contribution in [0.25, 0.3) is 11.3 Å². The van der Waals surface area contributed by atoms with E-state index >= 15 is 0 Å². The molecule has 1 aliphatic carbocycles. The average molecular weight is 418 g/mol. The minimum atomic E-state index is -4.04. The Balaban J connectivity index is 1.99. The van der Waals surface area contributed by atoms with Crippen LogP contribution >= 0.6 is 0 Å². The molecule has 0 amide bonds. The van der Waals surface area contributed by atoms with Crippen molar-refractivity contribution < 1.29 is 21.9 Å². The summed E-state index contributed by atoms with van der Waals surface area (Å²) >= 11 is 0. The van der Waals surface area contributed by atoms with Gasteiger partial charge in [-0.05, 0) is 55.8 Å². The molecule has 0 saturated carbocycles. The van der Waals surface area contributed by atoms with E-state index in [0.717, 1.165) is 24.1 Å². The van der Waals surface area contributed by atoms with Gasteiger partial charge in [0.2, 0.25) is 0 Å². The molecule has 0 aliphatic heterocycles. The molecular weight excluding hydrogens is 398 g/mol. The van der Waals surface area contributed by atoms with Crippen molar-refractivity contribution in [3.8, 4) is 17.0 Å². The molecule has 5 nitrogen and oxygen atoms in total. The first-order valence-corrected chi connectivity index (χ1v) is 10.6. The van der Waals surface area contributed by atoms with Gasteiger partial charge in [0.15, 0.2) is 0 Å². The molecule has 29 heavy (non-hydrogen) atoms. The summed E-state index contributed by atoms with van der Waals surface area (Å²) in [5, 5.41) is 3.16. The molecule has 152 valence electrons. The molecule has 1 aliphatic rings. The maximum absolute atomic E-state index is 14.6. The Kier molecular flexibility index (Phi) is 4.92. The van der Waals surface area contributed by atoms with E-state index in [0.29, 0.717) is 17.9 Å². The molecule has 0 saturated heterocycles. The predicted octanol–water partition coefficient (Wildman–Crippen LogP) is 3.89. The van der Waals surface area contributed by atoms with Crippen LogP contribution in [0.4, 0.5) is 8.78 Å². The largest absolute Gasteiger partial charge is 0.497 e. The van der Waals surface area contributed by atoms with Gasteiger partial charge in [-0.15, -0.1) is 0 Å². The van der Waals surface area contributed by atoms with Crippen LogP contribution in [0, 0.1) is 11.6 Å². The predicted molar refractivity (Wildman–Crippen MR) is 105 cm³/mol. The lowest BCUT2D eigenvalue weighted by Crippen LogP contribution is -2.17. The van der Waals surface area contributed by atoms with Gasteiger partial charge in [-0.2, -0.15) is 0 Å². The summed E-state index contributed by atoms with van der Waals surface area (Å²) in [7, 11) is -0.791. The van der Waals surface area contributed by atoms with Crippen LogP contribution in [0.2, 0.25) is 0 Å². The number of nitrogens with one attached hydrogen (secondary N) is 1. The van der Waals surface area contributed by atoms with Crippen molar-refractivity contribution in [2.75, 3.05) is 14.2 Å². The van der Waals surface area contributed by atoms with E-state index in [2.05, 4.69) is 5.32 Å². The van der Waals surface area contributed by atoms with Crippen LogP contribution in [-0.4, -0.2) is 26.5 Å². The topological polar surface area (TPSA) is 60.3 Å². The summed E-state index contributed by atoms with van der Waals surface area (Å²) in [6.45, 7) is 0. The quantitative estimate of drug-likeness (QED) is 0.683. The zero-order chi connectivity index (χ0) is 20.8. The second kappa shape index (κ2) is 7.27. The van der Waals surface area contributed by atoms with Crippen LogP contribution < -0.4 is 10.1 Å². The van der Waals surface area contributed by atoms with Crippen molar-refractivity contribution in [2.24, 2.45) is 0 Å². The van der Waals surface area contributed by atoms with Crippen molar-refractivity contribution in [1.29, 1.82) is 0 Å². The van der Waals surface area contributed by atoms with E-state index in [4.69, 9.17) is 4.74 Å². The van der Waals surface area contributed by atoms with E-state index in [1.54, 1.807) is 25.2 Å². The normalized spacial score (nSPS) is 16.1. The smallest absolute Gasteiger partial charge is 0.268 e. The van der Waals surface area contributed by atoms with Gasteiger partial charge >= 0.3 is 0 Å². The Hall–Kier alpha value is -2.71. The summed E-state index contributed by atoms with van der Waals surface area (Å²) in [6.07, 6.45) is 1.26. The highest BCUT2D eigenvalue weighted by atomic mass is 32.2. The van der Waals surface area contributed by atoms with E-state index in [9.17, 15) is 17.2 Å². The number of ether oxygens (including phenoxy) is 1. The molecule has 8 heteroatoms. The van der Waals surface area contributed by atoms with E-state index in [1.165, 1.54) is 29.3 Å². The van der Waals surface area contributed by atoms with Crippen LogP contribution in [0.5, 0.6) is 5.75 Å². The fourth-order valence-corrected chi connectivity index (χ4v) is 5.49. The number of nitrogens with zero attached hydrogens (tertiary/aromatic N) is 1. The minimum absolute atomic E-state index is 0.0297. The molecule has 1 N–H and O–H groups in total. The van der Waals surface area contributed by atoms with Crippen LogP contribution in [0.15, 0.2) is 53.4 Å². The number of aromatic nitrogens is 1. The van der Waals surface area contributed by atoms with Crippen molar-refractivity contribution in [3.63, 3.8) is 0 Å². The van der Waals surface area contributed by atoms with Crippen LogP contribution in [0.1, 0.15) is 23.7 Å². The van der Waals surface area contributed by atoms with E-state index in [-0.39, 0.29) is 22.2 Å². The highest BCUT2D eigenvalue weighted by Crippen LogP contribution is 2.40. The summed E-state index contributed by atoms with van der Waals surface area (Å²) in [4.78, 5) is 0.0342. The summed E-state index contributed by atoms with van der Waals surface area (Å²) in [5.74, 6) is -1.14. The standard InChI is InChI=1S/C21H20F2N2O3S/c1-24-19-8-9-20-17(19)12-21(16-7-6-13(22)10-18(16)23)25(20)29(26,27)15-5-3-4-14(11-15)28-2/h3-7,10-12,19,24H,8-9H2,1-2H3. The third kappa shape index (κ3) is 3.22. The lowest BCUT2D eigenvalue weighted by Gasteiger charge is -2.15. The number of hydrogen-bond acceptors (Lipinski definition) is 4. The summed E-state index contributed by atoms with van der Waals surface area (Å²) in [6, 6.07) is 10.9. The molecular formula is C21H20F2N2O3S. The fraction of sp³-hybridized carbons (Fsp3) is 0.238. The summed E-state index contributed by atoms with van der Waals surface area (Å²) < 4.78 is 61.5. The Labute approximate surface area is 168 Å². The highest BCUT2D eigenvalue weighted by molar-refractivity contribution is 7.90. The molecule has 0 radical (unpaired) electrons. The van der Waals surface area contributed by atoms with Gasteiger partial charge in [0.1, 0.15) is 17.4 Å². The van der Waals surface area contributed by atoms with Crippen LogP contribution in [-0.2, 0) is 16.4 Å². The zero-order valence-electron chi connectivity index (χ0n) is 15.9. The molecule has 3 aromatic rings. The molecule has 2 aromatic carbocycles. The number of benzene rings is 2. The van der Waals surface area contributed by atoms with Crippen LogP contribution in [0.3, 0.4) is 0 Å². The monoisotopic (exact) mass is 418 g/mol. The number of fused-ring (bicyclic) bond motifs is 1. The lowest BCUT2D eigenvalue weighted by molar-refractivity contribution is 0.413. The maximum atomic E-state index is 14.6. The zero-order valence-corrected chi connectivity index (χ0v) is 16.8. The van der Waals surface area contributed by atoms with Gasteiger partial charge in [-0.25, -0.2) is 21.2 Å². The Morgan fingerprint density at radius 1 is 1.14 bits per heavy atom. The maximum Gasteiger partial charge on any atom is 0.268 e. The Morgan fingerprint density at radius 2 is 1.93 bits per heavy atom. The Morgan fingerprint density at radius 3 is 2.62 bits per heavy atom. The van der Waals surface area contributed by atoms with Gasteiger partial charge in [-0.1, -0.05) is 6.07 Å². The molecule has 4 rings (SSSR count).